The smallest absolute Gasteiger partial charge is 0.223 e. The summed E-state index contributed by atoms with van der Waals surface area (Å²) in [6.07, 6.45) is 0.976. The van der Waals surface area contributed by atoms with Crippen LogP contribution in [0.25, 0.3) is 0 Å². The Morgan fingerprint density at radius 1 is 1.18 bits per heavy atom. The first kappa shape index (κ1) is 13.0. The molecule has 0 aromatic heterocycles. The van der Waals surface area contributed by atoms with Crippen molar-refractivity contribution in [2.75, 3.05) is 13.6 Å². The van der Waals surface area contributed by atoms with E-state index in [4.69, 9.17) is 17.2 Å². The predicted molar refractivity (Wildman–Crippen MR) is 71.2 cm³/mol. The summed E-state index contributed by atoms with van der Waals surface area (Å²) >= 11 is 0. The second-order valence-corrected chi connectivity index (χ2v) is 3.53. The Hall–Kier alpha value is -2.08. The molecule has 0 fully saturated rings. The van der Waals surface area contributed by atoms with Crippen LogP contribution < -0.4 is 22.5 Å². The van der Waals surface area contributed by atoms with Crippen molar-refractivity contribution in [3.05, 3.63) is 29.8 Å². The van der Waals surface area contributed by atoms with Gasteiger partial charge in [-0.15, -0.1) is 0 Å². The van der Waals surface area contributed by atoms with Gasteiger partial charge >= 0.3 is 0 Å². The summed E-state index contributed by atoms with van der Waals surface area (Å²) in [5.41, 5.74) is 17.8. The Morgan fingerprint density at radius 2 is 1.82 bits per heavy atom. The summed E-state index contributed by atoms with van der Waals surface area (Å²) in [6.45, 7) is 0.943. The van der Waals surface area contributed by atoms with Crippen molar-refractivity contribution in [2.24, 2.45) is 27.2 Å². The second kappa shape index (κ2) is 6.49. The molecule has 0 unspecified atom stereocenters. The van der Waals surface area contributed by atoms with Crippen LogP contribution in [0.5, 0.6) is 0 Å². The first-order valence-corrected chi connectivity index (χ1v) is 5.29. The van der Waals surface area contributed by atoms with Gasteiger partial charge < -0.3 is 22.5 Å². The van der Waals surface area contributed by atoms with Crippen molar-refractivity contribution in [3.63, 3.8) is 0 Å². The molecule has 0 amide bonds. The topological polar surface area (TPSA) is 115 Å². The van der Waals surface area contributed by atoms with Gasteiger partial charge in [0, 0.05) is 0 Å². The number of aliphatic imine (C=N–C) groups is 2. The van der Waals surface area contributed by atoms with Crippen LogP contribution in [0.4, 0.5) is 5.69 Å². The average Bonchev–Trinajstić information content (AvgIpc) is 2.27. The molecular weight excluding hydrogens is 216 g/mol. The zero-order chi connectivity index (χ0) is 12.7. The molecular formula is C11H18N6. The summed E-state index contributed by atoms with van der Waals surface area (Å²) in [5.74, 6) is -0.0511. The minimum atomic E-state index is -0.100. The molecule has 0 bridgehead atoms. The molecule has 1 aromatic rings. The zero-order valence-corrected chi connectivity index (χ0v) is 9.85. The number of hydrogen-bond acceptors (Lipinski definition) is 2. The van der Waals surface area contributed by atoms with E-state index in [1.807, 2.05) is 31.3 Å². The Balaban J connectivity index is 2.71. The first-order valence-electron chi connectivity index (χ1n) is 5.29. The van der Waals surface area contributed by atoms with Gasteiger partial charge in [0.25, 0.3) is 0 Å². The summed E-state index contributed by atoms with van der Waals surface area (Å²) in [5, 5.41) is 3.09. The SMILES string of the molecule is CNCCc1ccc(N=C(N)N=C(N)N)cc1. The summed E-state index contributed by atoms with van der Waals surface area (Å²) < 4.78 is 0. The predicted octanol–water partition coefficient (Wildman–Crippen LogP) is -0.332. The fraction of sp³-hybridized carbons (Fsp3) is 0.273. The van der Waals surface area contributed by atoms with Crippen LogP contribution in [-0.2, 0) is 6.42 Å². The number of nitrogens with zero attached hydrogens (tertiary/aromatic N) is 2. The lowest BCUT2D eigenvalue weighted by Crippen LogP contribution is -2.26. The minimum absolute atomic E-state index is 0.0491. The van der Waals surface area contributed by atoms with Crippen molar-refractivity contribution in [3.8, 4) is 0 Å². The molecule has 0 aliphatic carbocycles. The normalized spacial score (nSPS) is 11.2. The van der Waals surface area contributed by atoms with E-state index >= 15 is 0 Å². The second-order valence-electron chi connectivity index (χ2n) is 3.53. The van der Waals surface area contributed by atoms with Crippen molar-refractivity contribution in [1.29, 1.82) is 0 Å². The summed E-state index contributed by atoms with van der Waals surface area (Å²) in [4.78, 5) is 7.69. The summed E-state index contributed by atoms with van der Waals surface area (Å²) in [7, 11) is 1.93. The number of guanidine groups is 2. The monoisotopic (exact) mass is 234 g/mol. The van der Waals surface area contributed by atoms with Gasteiger partial charge in [-0.25, -0.2) is 4.99 Å². The lowest BCUT2D eigenvalue weighted by Gasteiger charge is -2.01. The Morgan fingerprint density at radius 3 is 2.35 bits per heavy atom. The van der Waals surface area contributed by atoms with Crippen LogP contribution in [0.3, 0.4) is 0 Å². The highest BCUT2D eigenvalue weighted by molar-refractivity contribution is 5.93. The number of rotatable bonds is 4. The van der Waals surface area contributed by atoms with E-state index in [0.29, 0.717) is 0 Å². The molecule has 0 aliphatic rings. The van der Waals surface area contributed by atoms with E-state index in [1.54, 1.807) is 0 Å². The molecule has 0 radical (unpaired) electrons. The van der Waals surface area contributed by atoms with Crippen LogP contribution >= 0.6 is 0 Å². The number of benzene rings is 1. The standard InChI is InChI=1S/C11H18N6/c1-15-7-6-8-2-4-9(5-3-8)16-11(14)17-10(12)13/h2-5,15H,6-7H2,1H3,(H6,12,13,14,16,17). The third kappa shape index (κ3) is 4.98. The number of likely N-dealkylation sites (N-methyl/N-ethyl adjacent to an activating group) is 1. The summed E-state index contributed by atoms with van der Waals surface area (Å²) in [6, 6.07) is 7.75. The quantitative estimate of drug-likeness (QED) is 0.421. The Labute approximate surface area is 101 Å². The molecule has 0 saturated carbocycles. The number of hydrogen-bond donors (Lipinski definition) is 4. The number of nitrogens with one attached hydrogen (secondary N) is 1. The maximum atomic E-state index is 5.52. The fourth-order valence-electron chi connectivity index (χ4n) is 1.30. The molecule has 7 N–H and O–H groups in total. The molecule has 0 aliphatic heterocycles. The number of nitrogens with two attached hydrogens (primary N) is 3. The molecule has 92 valence electrons. The highest BCUT2D eigenvalue weighted by Gasteiger charge is 1.95. The average molecular weight is 234 g/mol. The van der Waals surface area contributed by atoms with Gasteiger partial charge in [-0.05, 0) is 37.7 Å². The third-order valence-corrected chi connectivity index (χ3v) is 2.09. The highest BCUT2D eigenvalue weighted by Crippen LogP contribution is 2.13. The van der Waals surface area contributed by atoms with Crippen LogP contribution in [0.2, 0.25) is 0 Å². The maximum Gasteiger partial charge on any atom is 0.223 e. The molecule has 1 rings (SSSR count). The van der Waals surface area contributed by atoms with Crippen molar-refractivity contribution < 1.29 is 0 Å². The van der Waals surface area contributed by atoms with Gasteiger partial charge in [-0.2, -0.15) is 4.99 Å². The Kier molecular flexibility index (Phi) is 4.96. The van der Waals surface area contributed by atoms with Gasteiger partial charge in [0.05, 0.1) is 5.69 Å². The molecule has 6 heteroatoms. The largest absolute Gasteiger partial charge is 0.370 e. The fourth-order valence-corrected chi connectivity index (χ4v) is 1.30. The molecule has 1 aromatic carbocycles. The van der Waals surface area contributed by atoms with Crippen LogP contribution in [0.15, 0.2) is 34.3 Å². The molecule has 6 nitrogen and oxygen atoms in total. The van der Waals surface area contributed by atoms with Crippen molar-refractivity contribution in [1.82, 2.24) is 5.32 Å². The van der Waals surface area contributed by atoms with Gasteiger partial charge in [0.1, 0.15) is 0 Å². The molecule has 0 spiro atoms. The zero-order valence-electron chi connectivity index (χ0n) is 9.85. The van der Waals surface area contributed by atoms with Crippen LogP contribution in [0.1, 0.15) is 5.56 Å². The lowest BCUT2D eigenvalue weighted by atomic mass is 10.1. The van der Waals surface area contributed by atoms with Crippen LogP contribution in [0, 0.1) is 0 Å². The first-order chi connectivity index (χ1) is 8.11. The maximum absolute atomic E-state index is 5.52. The molecule has 17 heavy (non-hydrogen) atoms. The van der Waals surface area contributed by atoms with Crippen LogP contribution in [-0.4, -0.2) is 25.5 Å². The van der Waals surface area contributed by atoms with Gasteiger partial charge in [0.15, 0.2) is 5.96 Å². The van der Waals surface area contributed by atoms with Gasteiger partial charge in [0.2, 0.25) is 5.96 Å². The highest BCUT2D eigenvalue weighted by atomic mass is 15.1. The Bertz CT molecular complexity index is 402. The third-order valence-electron chi connectivity index (χ3n) is 2.09. The minimum Gasteiger partial charge on any atom is -0.370 e. The van der Waals surface area contributed by atoms with Gasteiger partial charge in [-0.3, -0.25) is 0 Å². The van der Waals surface area contributed by atoms with Crippen molar-refractivity contribution >= 4 is 17.6 Å². The van der Waals surface area contributed by atoms with E-state index < -0.39 is 0 Å². The van der Waals surface area contributed by atoms with E-state index in [1.165, 1.54) is 5.56 Å². The van der Waals surface area contributed by atoms with Crippen molar-refractivity contribution in [2.45, 2.75) is 6.42 Å². The molecule has 0 heterocycles. The lowest BCUT2D eigenvalue weighted by molar-refractivity contribution is 0.792. The van der Waals surface area contributed by atoms with E-state index in [2.05, 4.69) is 15.3 Å². The molecule has 0 saturated heterocycles. The molecule has 0 atom stereocenters. The van der Waals surface area contributed by atoms with E-state index in [-0.39, 0.29) is 11.9 Å². The van der Waals surface area contributed by atoms with Gasteiger partial charge in [-0.1, -0.05) is 12.1 Å². The van der Waals surface area contributed by atoms with E-state index in [0.717, 1.165) is 18.7 Å². The van der Waals surface area contributed by atoms with E-state index in [9.17, 15) is 0 Å².